The first-order valence-electron chi connectivity index (χ1n) is 7.21. The van der Waals surface area contributed by atoms with Gasteiger partial charge in [0.1, 0.15) is 10.6 Å². The predicted octanol–water partition coefficient (Wildman–Crippen LogP) is 3.56. The summed E-state index contributed by atoms with van der Waals surface area (Å²) in [4.78, 5) is 0.185. The topological polar surface area (TPSA) is 55.4 Å². The summed E-state index contributed by atoms with van der Waals surface area (Å²) in [5.74, 6) is 1.24. The van der Waals surface area contributed by atoms with Gasteiger partial charge in [0.25, 0.3) is 0 Å². The highest BCUT2D eigenvalue weighted by Gasteiger charge is 2.31. The number of methoxy groups -OCH3 is 1. The van der Waals surface area contributed by atoms with Gasteiger partial charge in [-0.2, -0.15) is 0 Å². The molecule has 0 bridgehead atoms. The fourth-order valence-corrected chi connectivity index (χ4v) is 4.94. The van der Waals surface area contributed by atoms with Gasteiger partial charge in [-0.3, -0.25) is 0 Å². The zero-order chi connectivity index (χ0) is 15.6. The van der Waals surface area contributed by atoms with Crippen LogP contribution in [0.5, 0.6) is 5.75 Å². The first-order chi connectivity index (χ1) is 9.85. The van der Waals surface area contributed by atoms with E-state index in [0.717, 1.165) is 12.8 Å². The number of rotatable bonds is 4. The number of hydrogen-bond donors (Lipinski definition) is 1. The third-order valence-electron chi connectivity index (χ3n) is 4.43. The van der Waals surface area contributed by atoms with Crippen molar-refractivity contribution >= 4 is 26.0 Å². The van der Waals surface area contributed by atoms with Crippen LogP contribution in [-0.2, 0) is 10.0 Å². The minimum atomic E-state index is -3.59. The van der Waals surface area contributed by atoms with Crippen molar-refractivity contribution in [2.75, 3.05) is 7.11 Å². The minimum absolute atomic E-state index is 0.0116. The summed E-state index contributed by atoms with van der Waals surface area (Å²) in [6.07, 6.45) is 3.12. The molecule has 118 valence electrons. The number of benzene rings is 1. The van der Waals surface area contributed by atoms with Crippen LogP contribution in [0.1, 0.15) is 33.1 Å². The van der Waals surface area contributed by atoms with Gasteiger partial charge in [-0.1, -0.05) is 42.6 Å². The summed E-state index contributed by atoms with van der Waals surface area (Å²) in [6.45, 7) is 4.31. The molecular weight excluding hydrogens is 354 g/mol. The Morgan fingerprint density at radius 1 is 1.29 bits per heavy atom. The van der Waals surface area contributed by atoms with Crippen molar-refractivity contribution in [3.05, 3.63) is 22.7 Å². The smallest absolute Gasteiger partial charge is 0.244 e. The van der Waals surface area contributed by atoms with Gasteiger partial charge >= 0.3 is 0 Å². The summed E-state index contributed by atoms with van der Waals surface area (Å²) in [6, 6.07) is 5.00. The van der Waals surface area contributed by atoms with Crippen LogP contribution in [-0.4, -0.2) is 21.6 Å². The molecule has 6 heteroatoms. The van der Waals surface area contributed by atoms with Crippen molar-refractivity contribution < 1.29 is 13.2 Å². The lowest BCUT2D eigenvalue weighted by molar-refractivity contribution is 0.227. The van der Waals surface area contributed by atoms with E-state index >= 15 is 0 Å². The largest absolute Gasteiger partial charge is 0.495 e. The number of halogens is 1. The highest BCUT2D eigenvalue weighted by Crippen LogP contribution is 2.32. The van der Waals surface area contributed by atoms with E-state index in [9.17, 15) is 8.42 Å². The number of ether oxygens (including phenoxy) is 1. The minimum Gasteiger partial charge on any atom is -0.495 e. The van der Waals surface area contributed by atoms with Gasteiger partial charge in [0, 0.05) is 10.5 Å². The summed E-state index contributed by atoms with van der Waals surface area (Å²) < 4.78 is 34.1. The van der Waals surface area contributed by atoms with Gasteiger partial charge in [0.05, 0.1) is 7.11 Å². The molecule has 2 rings (SSSR count). The van der Waals surface area contributed by atoms with Crippen LogP contribution in [0.4, 0.5) is 0 Å². The molecule has 4 nitrogen and oxygen atoms in total. The summed E-state index contributed by atoms with van der Waals surface area (Å²) in [7, 11) is -2.11. The molecular formula is C15H22BrNO3S. The maximum Gasteiger partial charge on any atom is 0.244 e. The van der Waals surface area contributed by atoms with Crippen LogP contribution in [0.3, 0.4) is 0 Å². The van der Waals surface area contributed by atoms with E-state index in [1.54, 1.807) is 18.2 Å². The molecule has 1 aliphatic rings. The second-order valence-corrected chi connectivity index (χ2v) is 8.39. The fraction of sp³-hybridized carbons (Fsp3) is 0.600. The highest BCUT2D eigenvalue weighted by atomic mass is 79.9. The zero-order valence-corrected chi connectivity index (χ0v) is 15.0. The Balaban J connectivity index is 2.28. The van der Waals surface area contributed by atoms with E-state index in [-0.39, 0.29) is 10.9 Å². The average molecular weight is 376 g/mol. The molecule has 1 aromatic carbocycles. The quantitative estimate of drug-likeness (QED) is 0.874. The second kappa shape index (κ2) is 6.67. The molecule has 3 atom stereocenters. The monoisotopic (exact) mass is 375 g/mol. The Morgan fingerprint density at radius 2 is 2.00 bits per heavy atom. The van der Waals surface area contributed by atoms with Gasteiger partial charge in [-0.05, 0) is 36.5 Å². The Labute approximate surface area is 135 Å². The lowest BCUT2D eigenvalue weighted by atomic mass is 9.78. The number of hydrogen-bond acceptors (Lipinski definition) is 3. The van der Waals surface area contributed by atoms with Gasteiger partial charge in [0.2, 0.25) is 10.0 Å². The van der Waals surface area contributed by atoms with E-state index in [0.29, 0.717) is 22.1 Å². The van der Waals surface area contributed by atoms with Crippen LogP contribution in [0.15, 0.2) is 27.6 Å². The Hall–Kier alpha value is -0.590. The normalized spacial score (nSPS) is 26.6. The van der Waals surface area contributed by atoms with Crippen LogP contribution < -0.4 is 9.46 Å². The average Bonchev–Trinajstić information content (AvgIpc) is 2.44. The van der Waals surface area contributed by atoms with Crippen LogP contribution in [0, 0.1) is 11.8 Å². The SMILES string of the molecule is COc1ccc(Br)cc1S(=O)(=O)N[C@@H]1CCC[C@@H](C)[C@H]1C. The first kappa shape index (κ1) is 16.8. The lowest BCUT2D eigenvalue weighted by Gasteiger charge is -2.34. The molecule has 0 aromatic heterocycles. The third-order valence-corrected chi connectivity index (χ3v) is 6.43. The van der Waals surface area contributed by atoms with Crippen molar-refractivity contribution in [2.24, 2.45) is 11.8 Å². The van der Waals surface area contributed by atoms with Gasteiger partial charge < -0.3 is 4.74 Å². The molecule has 0 amide bonds. The van der Waals surface area contributed by atoms with Crippen molar-refractivity contribution in [1.29, 1.82) is 0 Å². The molecule has 0 spiro atoms. The van der Waals surface area contributed by atoms with E-state index in [1.165, 1.54) is 13.5 Å². The first-order valence-corrected chi connectivity index (χ1v) is 9.48. The van der Waals surface area contributed by atoms with Gasteiger partial charge in [-0.25, -0.2) is 13.1 Å². The molecule has 0 radical (unpaired) electrons. The van der Waals surface area contributed by atoms with Crippen LogP contribution in [0.2, 0.25) is 0 Å². The van der Waals surface area contributed by atoms with Crippen molar-refractivity contribution in [3.63, 3.8) is 0 Å². The Morgan fingerprint density at radius 3 is 2.67 bits per heavy atom. The molecule has 1 N–H and O–H groups in total. The molecule has 0 unspecified atom stereocenters. The maximum absolute atomic E-state index is 12.7. The van der Waals surface area contributed by atoms with E-state index in [1.807, 2.05) is 0 Å². The fourth-order valence-electron chi connectivity index (χ4n) is 2.87. The van der Waals surface area contributed by atoms with E-state index in [4.69, 9.17) is 4.74 Å². The number of sulfonamides is 1. The van der Waals surface area contributed by atoms with Crippen molar-refractivity contribution in [1.82, 2.24) is 4.72 Å². The maximum atomic E-state index is 12.7. The standard InChI is InChI=1S/C15H22BrNO3S/c1-10-5-4-6-13(11(10)2)17-21(18,19)15-9-12(16)7-8-14(15)20-3/h7-11,13,17H,4-6H2,1-3H3/t10-,11-,13-/m1/s1. The van der Waals surface area contributed by atoms with Crippen molar-refractivity contribution in [3.8, 4) is 5.75 Å². The molecule has 1 aromatic rings. The molecule has 1 fully saturated rings. The molecule has 0 aliphatic heterocycles. The zero-order valence-electron chi connectivity index (χ0n) is 12.6. The summed E-state index contributed by atoms with van der Waals surface area (Å²) in [5, 5.41) is 0. The molecule has 0 saturated heterocycles. The Bertz CT molecular complexity index is 603. The lowest BCUT2D eigenvalue weighted by Crippen LogP contribution is -2.43. The van der Waals surface area contributed by atoms with Crippen LogP contribution >= 0.6 is 15.9 Å². The second-order valence-electron chi connectivity index (χ2n) is 5.79. The molecule has 21 heavy (non-hydrogen) atoms. The summed E-state index contributed by atoms with van der Waals surface area (Å²) >= 11 is 3.32. The molecule has 0 heterocycles. The van der Waals surface area contributed by atoms with Gasteiger partial charge in [-0.15, -0.1) is 0 Å². The van der Waals surface area contributed by atoms with E-state index in [2.05, 4.69) is 34.5 Å². The Kier molecular flexibility index (Phi) is 5.33. The van der Waals surface area contributed by atoms with Crippen molar-refractivity contribution in [2.45, 2.75) is 44.0 Å². The van der Waals surface area contributed by atoms with E-state index < -0.39 is 10.0 Å². The molecule has 1 saturated carbocycles. The highest BCUT2D eigenvalue weighted by molar-refractivity contribution is 9.10. The van der Waals surface area contributed by atoms with Crippen LogP contribution in [0.25, 0.3) is 0 Å². The number of nitrogens with one attached hydrogen (secondary N) is 1. The third kappa shape index (κ3) is 3.79. The predicted molar refractivity (Wildman–Crippen MR) is 87.0 cm³/mol. The van der Waals surface area contributed by atoms with Gasteiger partial charge in [0.15, 0.2) is 0 Å². The molecule has 1 aliphatic carbocycles. The summed E-state index contributed by atoms with van der Waals surface area (Å²) in [5.41, 5.74) is 0.